The highest BCUT2D eigenvalue weighted by Gasteiger charge is 2.15. The fourth-order valence-electron chi connectivity index (χ4n) is 3.34. The molecule has 1 aromatic carbocycles. The summed E-state index contributed by atoms with van der Waals surface area (Å²) < 4.78 is 0. The van der Waals surface area contributed by atoms with Gasteiger partial charge in [0.15, 0.2) is 0 Å². The number of aryl methyl sites for hydroxylation is 2. The number of aromatic nitrogens is 1. The van der Waals surface area contributed by atoms with Gasteiger partial charge in [-0.3, -0.25) is 4.98 Å². The molecule has 0 fully saturated rings. The smallest absolute Gasteiger partial charge is 0.0686 e. The van der Waals surface area contributed by atoms with Gasteiger partial charge in [-0.15, -0.1) is 0 Å². The monoisotopic (exact) mass is 312 g/mol. The van der Waals surface area contributed by atoms with Crippen LogP contribution in [-0.4, -0.2) is 15.2 Å². The highest BCUT2D eigenvalue weighted by molar-refractivity contribution is 5.49. The van der Waals surface area contributed by atoms with E-state index in [0.717, 1.165) is 41.9 Å². The number of nitrogens with one attached hydrogen (secondary N) is 1. The fourth-order valence-corrected chi connectivity index (χ4v) is 3.34. The molecule has 0 amide bonds. The SMILES string of the molecule is Cc1cc(CNc2ccc(CO)c(CO)c2)c2c(n1)CCCC2. The van der Waals surface area contributed by atoms with Gasteiger partial charge >= 0.3 is 0 Å². The largest absolute Gasteiger partial charge is 0.392 e. The molecule has 0 saturated heterocycles. The second-order valence-corrected chi connectivity index (χ2v) is 6.21. The molecule has 1 aliphatic carbocycles. The number of anilines is 1. The molecule has 0 bridgehead atoms. The van der Waals surface area contributed by atoms with Crippen molar-refractivity contribution in [1.29, 1.82) is 0 Å². The van der Waals surface area contributed by atoms with Crippen molar-refractivity contribution in [2.24, 2.45) is 0 Å². The topological polar surface area (TPSA) is 65.4 Å². The van der Waals surface area contributed by atoms with E-state index in [-0.39, 0.29) is 13.2 Å². The summed E-state index contributed by atoms with van der Waals surface area (Å²) in [4.78, 5) is 4.69. The first-order valence-corrected chi connectivity index (χ1v) is 8.27. The Bertz CT molecular complexity index is 698. The minimum Gasteiger partial charge on any atom is -0.392 e. The normalized spacial score (nSPS) is 13.7. The number of fused-ring (bicyclic) bond motifs is 1. The van der Waals surface area contributed by atoms with Crippen LogP contribution in [0.1, 0.15) is 46.5 Å². The molecule has 0 atom stereocenters. The lowest BCUT2D eigenvalue weighted by Crippen LogP contribution is -2.12. The van der Waals surface area contributed by atoms with Crippen LogP contribution in [0.15, 0.2) is 24.3 Å². The van der Waals surface area contributed by atoms with E-state index in [2.05, 4.69) is 18.3 Å². The van der Waals surface area contributed by atoms with Gasteiger partial charge in [0.05, 0.1) is 13.2 Å². The van der Waals surface area contributed by atoms with Gasteiger partial charge in [-0.2, -0.15) is 0 Å². The van der Waals surface area contributed by atoms with Gasteiger partial charge in [0.1, 0.15) is 0 Å². The molecule has 1 aromatic heterocycles. The molecular formula is C19H24N2O2. The first-order valence-electron chi connectivity index (χ1n) is 8.27. The van der Waals surface area contributed by atoms with Gasteiger partial charge in [-0.25, -0.2) is 0 Å². The molecule has 4 nitrogen and oxygen atoms in total. The van der Waals surface area contributed by atoms with Crippen molar-refractivity contribution in [2.75, 3.05) is 5.32 Å². The van der Waals surface area contributed by atoms with E-state index in [1.807, 2.05) is 18.2 Å². The summed E-state index contributed by atoms with van der Waals surface area (Å²) in [7, 11) is 0. The number of rotatable bonds is 5. The van der Waals surface area contributed by atoms with Crippen LogP contribution in [0.3, 0.4) is 0 Å². The molecular weight excluding hydrogens is 288 g/mol. The van der Waals surface area contributed by atoms with E-state index in [9.17, 15) is 10.2 Å². The van der Waals surface area contributed by atoms with E-state index < -0.39 is 0 Å². The van der Waals surface area contributed by atoms with Crippen molar-refractivity contribution in [2.45, 2.75) is 52.4 Å². The number of aliphatic hydroxyl groups excluding tert-OH is 2. The summed E-state index contributed by atoms with van der Waals surface area (Å²) in [5.74, 6) is 0. The molecule has 122 valence electrons. The molecule has 0 spiro atoms. The standard InChI is InChI=1S/C19H24N2O2/c1-13-8-15(18-4-2-3-5-19(18)21-13)10-20-17-7-6-14(11-22)16(9-17)12-23/h6-9,20,22-23H,2-5,10-12H2,1H3. The maximum absolute atomic E-state index is 9.41. The van der Waals surface area contributed by atoms with Crippen molar-refractivity contribution >= 4 is 5.69 Å². The molecule has 0 aliphatic heterocycles. The van der Waals surface area contributed by atoms with Gasteiger partial charge in [-0.1, -0.05) is 6.07 Å². The third kappa shape index (κ3) is 3.54. The number of aliphatic hydroxyl groups is 2. The van der Waals surface area contributed by atoms with Crippen LogP contribution >= 0.6 is 0 Å². The molecule has 0 saturated carbocycles. The lowest BCUT2D eigenvalue weighted by molar-refractivity contribution is 0.260. The Morgan fingerprint density at radius 3 is 2.57 bits per heavy atom. The molecule has 0 radical (unpaired) electrons. The van der Waals surface area contributed by atoms with E-state index >= 15 is 0 Å². The van der Waals surface area contributed by atoms with Crippen molar-refractivity contribution < 1.29 is 10.2 Å². The van der Waals surface area contributed by atoms with Crippen LogP contribution in [0.4, 0.5) is 5.69 Å². The molecule has 4 heteroatoms. The molecule has 3 N–H and O–H groups in total. The minimum atomic E-state index is -0.0603. The van der Waals surface area contributed by atoms with Gasteiger partial charge in [-0.05, 0) is 73.1 Å². The number of pyridine rings is 1. The Morgan fingerprint density at radius 2 is 1.78 bits per heavy atom. The molecule has 1 aliphatic rings. The summed E-state index contributed by atoms with van der Waals surface area (Å²) in [6, 6.07) is 7.89. The molecule has 23 heavy (non-hydrogen) atoms. The van der Waals surface area contributed by atoms with Gasteiger partial charge in [0.2, 0.25) is 0 Å². The van der Waals surface area contributed by atoms with Crippen molar-refractivity contribution in [3.63, 3.8) is 0 Å². The highest BCUT2D eigenvalue weighted by atomic mass is 16.3. The summed E-state index contributed by atoms with van der Waals surface area (Å²) in [6.07, 6.45) is 4.68. The van der Waals surface area contributed by atoms with E-state index in [1.54, 1.807) is 0 Å². The Balaban J connectivity index is 1.80. The first kappa shape index (κ1) is 16.0. The van der Waals surface area contributed by atoms with Crippen LogP contribution in [0.2, 0.25) is 0 Å². The Kier molecular flexibility index (Phi) is 4.94. The molecule has 0 unspecified atom stereocenters. The number of benzene rings is 1. The number of nitrogens with zero attached hydrogens (tertiary/aromatic N) is 1. The summed E-state index contributed by atoms with van der Waals surface area (Å²) in [6.45, 7) is 2.70. The average molecular weight is 312 g/mol. The van der Waals surface area contributed by atoms with E-state index in [0.29, 0.717) is 0 Å². The summed E-state index contributed by atoms with van der Waals surface area (Å²) in [5, 5.41) is 22.1. The first-order chi connectivity index (χ1) is 11.2. The van der Waals surface area contributed by atoms with Gasteiger partial charge < -0.3 is 15.5 Å². The maximum atomic E-state index is 9.41. The lowest BCUT2D eigenvalue weighted by atomic mass is 9.91. The summed E-state index contributed by atoms with van der Waals surface area (Å²) in [5.41, 5.74) is 7.58. The van der Waals surface area contributed by atoms with E-state index in [1.165, 1.54) is 29.7 Å². The van der Waals surface area contributed by atoms with Gasteiger partial charge in [0, 0.05) is 23.6 Å². The molecule has 1 heterocycles. The number of hydrogen-bond donors (Lipinski definition) is 3. The second kappa shape index (κ2) is 7.11. The third-order valence-corrected chi connectivity index (χ3v) is 4.55. The third-order valence-electron chi connectivity index (χ3n) is 4.55. The molecule has 3 rings (SSSR count). The number of hydrogen-bond acceptors (Lipinski definition) is 4. The zero-order chi connectivity index (χ0) is 16.2. The average Bonchev–Trinajstić information content (AvgIpc) is 2.59. The minimum absolute atomic E-state index is 0.0484. The van der Waals surface area contributed by atoms with Crippen LogP contribution < -0.4 is 5.32 Å². The Labute approximate surface area is 137 Å². The fraction of sp³-hybridized carbons (Fsp3) is 0.421. The zero-order valence-corrected chi connectivity index (χ0v) is 13.6. The zero-order valence-electron chi connectivity index (χ0n) is 13.6. The highest BCUT2D eigenvalue weighted by Crippen LogP contribution is 2.25. The lowest BCUT2D eigenvalue weighted by Gasteiger charge is -2.20. The predicted octanol–water partition coefficient (Wildman–Crippen LogP) is 2.87. The van der Waals surface area contributed by atoms with Crippen LogP contribution in [0.5, 0.6) is 0 Å². The van der Waals surface area contributed by atoms with E-state index in [4.69, 9.17) is 4.98 Å². The van der Waals surface area contributed by atoms with Crippen molar-refractivity contribution in [3.05, 3.63) is 57.9 Å². The van der Waals surface area contributed by atoms with Crippen LogP contribution in [0.25, 0.3) is 0 Å². The second-order valence-electron chi connectivity index (χ2n) is 6.21. The van der Waals surface area contributed by atoms with Crippen LogP contribution in [0, 0.1) is 6.92 Å². The maximum Gasteiger partial charge on any atom is 0.0686 e. The van der Waals surface area contributed by atoms with Gasteiger partial charge in [0.25, 0.3) is 0 Å². The quantitative estimate of drug-likeness (QED) is 0.794. The Morgan fingerprint density at radius 1 is 1.00 bits per heavy atom. The van der Waals surface area contributed by atoms with Crippen molar-refractivity contribution in [3.8, 4) is 0 Å². The summed E-state index contributed by atoms with van der Waals surface area (Å²) >= 11 is 0. The predicted molar refractivity (Wildman–Crippen MR) is 91.2 cm³/mol. The Hall–Kier alpha value is -1.91. The molecule has 2 aromatic rings. The van der Waals surface area contributed by atoms with Crippen LogP contribution in [-0.2, 0) is 32.6 Å². The van der Waals surface area contributed by atoms with Crippen molar-refractivity contribution in [1.82, 2.24) is 4.98 Å².